The lowest BCUT2D eigenvalue weighted by Gasteiger charge is -2.45. The second kappa shape index (κ2) is 8.37. The highest BCUT2D eigenvalue weighted by molar-refractivity contribution is 6.03. The van der Waals surface area contributed by atoms with Gasteiger partial charge in [0.2, 0.25) is 5.91 Å². The van der Waals surface area contributed by atoms with Crippen molar-refractivity contribution in [2.45, 2.75) is 45.4 Å². The zero-order chi connectivity index (χ0) is 23.8. The van der Waals surface area contributed by atoms with Crippen LogP contribution in [0.15, 0.2) is 36.4 Å². The third kappa shape index (κ3) is 4.51. The summed E-state index contributed by atoms with van der Waals surface area (Å²) in [6.07, 6.45) is -4.97. The number of nitrogens with zero attached hydrogens (tertiary/aromatic N) is 1. The number of rotatable bonds is 6. The molecular formula is C23H24F3NO5. The molecule has 0 saturated heterocycles. The van der Waals surface area contributed by atoms with Gasteiger partial charge < -0.3 is 19.5 Å². The van der Waals surface area contributed by atoms with Crippen LogP contribution in [0.5, 0.6) is 11.5 Å². The highest BCUT2D eigenvalue weighted by atomic mass is 19.4. The number of benzene rings is 2. The van der Waals surface area contributed by atoms with E-state index in [2.05, 4.69) is 4.74 Å². The van der Waals surface area contributed by atoms with Crippen molar-refractivity contribution in [2.75, 3.05) is 18.1 Å². The Morgan fingerprint density at radius 1 is 1.19 bits per heavy atom. The second-order valence-electron chi connectivity index (χ2n) is 8.19. The van der Waals surface area contributed by atoms with E-state index in [-0.39, 0.29) is 17.2 Å². The molecule has 3 rings (SSSR count). The zero-order valence-corrected chi connectivity index (χ0v) is 18.1. The standard InChI is InChI=1S/C23H24F3NO5/c1-5-27-17-8-6-13(2)10-16(17)22(3,4)20(21(27)30)15-11-14(31-12-19(28)29)7-9-18(15)32-23(24,25)26/h6-11,20H,5,12H2,1-4H3,(H,28,29). The van der Waals surface area contributed by atoms with Crippen molar-refractivity contribution in [3.05, 3.63) is 53.1 Å². The highest BCUT2D eigenvalue weighted by Crippen LogP contribution is 2.51. The van der Waals surface area contributed by atoms with Crippen LogP contribution in [0.25, 0.3) is 0 Å². The van der Waals surface area contributed by atoms with Crippen LogP contribution in [0.3, 0.4) is 0 Å². The molecule has 1 atom stereocenters. The topological polar surface area (TPSA) is 76.1 Å². The van der Waals surface area contributed by atoms with Crippen LogP contribution < -0.4 is 14.4 Å². The van der Waals surface area contributed by atoms with Crippen LogP contribution in [-0.2, 0) is 15.0 Å². The predicted octanol–water partition coefficient (Wildman–Crippen LogP) is 4.78. The van der Waals surface area contributed by atoms with Crippen molar-refractivity contribution in [3.8, 4) is 11.5 Å². The first-order valence-electron chi connectivity index (χ1n) is 10.0. The van der Waals surface area contributed by atoms with Crippen LogP contribution in [0.4, 0.5) is 18.9 Å². The molecule has 1 heterocycles. The van der Waals surface area contributed by atoms with Gasteiger partial charge in [-0.2, -0.15) is 0 Å². The summed E-state index contributed by atoms with van der Waals surface area (Å²) >= 11 is 0. The van der Waals surface area contributed by atoms with E-state index in [0.29, 0.717) is 12.2 Å². The molecule has 32 heavy (non-hydrogen) atoms. The number of hydrogen-bond donors (Lipinski definition) is 1. The van der Waals surface area contributed by atoms with Gasteiger partial charge >= 0.3 is 12.3 Å². The van der Waals surface area contributed by atoms with Gasteiger partial charge in [0.25, 0.3) is 0 Å². The molecule has 1 amide bonds. The molecule has 1 N–H and O–H groups in total. The summed E-state index contributed by atoms with van der Waals surface area (Å²) in [6.45, 7) is 6.93. The smallest absolute Gasteiger partial charge is 0.482 e. The van der Waals surface area contributed by atoms with E-state index in [9.17, 15) is 22.8 Å². The lowest BCUT2D eigenvalue weighted by molar-refractivity contribution is -0.275. The van der Waals surface area contributed by atoms with Gasteiger partial charge in [-0.1, -0.05) is 31.5 Å². The summed E-state index contributed by atoms with van der Waals surface area (Å²) < 4.78 is 48.8. The molecule has 0 radical (unpaired) electrons. The summed E-state index contributed by atoms with van der Waals surface area (Å²) in [5, 5.41) is 8.87. The first-order chi connectivity index (χ1) is 14.8. The van der Waals surface area contributed by atoms with Gasteiger partial charge in [-0.15, -0.1) is 13.2 Å². The largest absolute Gasteiger partial charge is 0.573 e. The van der Waals surface area contributed by atoms with E-state index in [1.165, 1.54) is 17.0 Å². The van der Waals surface area contributed by atoms with Crippen molar-refractivity contribution in [1.82, 2.24) is 0 Å². The average molecular weight is 451 g/mol. The lowest BCUT2D eigenvalue weighted by Crippen LogP contribution is -2.48. The van der Waals surface area contributed by atoms with E-state index in [1.54, 1.807) is 20.8 Å². The van der Waals surface area contributed by atoms with Gasteiger partial charge in [-0.3, -0.25) is 4.79 Å². The van der Waals surface area contributed by atoms with E-state index in [1.807, 2.05) is 25.1 Å². The van der Waals surface area contributed by atoms with Gasteiger partial charge in [0.15, 0.2) is 6.61 Å². The number of likely N-dealkylation sites (N-methyl/N-ethyl adjacent to an activating group) is 1. The van der Waals surface area contributed by atoms with Crippen LogP contribution in [0.2, 0.25) is 0 Å². The second-order valence-corrected chi connectivity index (χ2v) is 8.19. The Kier molecular flexibility index (Phi) is 6.13. The lowest BCUT2D eigenvalue weighted by atomic mass is 9.66. The molecule has 0 aliphatic carbocycles. The molecule has 0 bridgehead atoms. The fourth-order valence-electron chi connectivity index (χ4n) is 4.19. The summed E-state index contributed by atoms with van der Waals surface area (Å²) in [7, 11) is 0. The van der Waals surface area contributed by atoms with Gasteiger partial charge in [0.05, 0.1) is 5.92 Å². The minimum atomic E-state index is -4.97. The molecule has 0 fully saturated rings. The quantitative estimate of drug-likeness (QED) is 0.684. The molecule has 1 unspecified atom stereocenters. The normalized spacial score (nSPS) is 17.7. The summed E-state index contributed by atoms with van der Waals surface area (Å²) in [4.78, 5) is 26.0. The zero-order valence-electron chi connectivity index (χ0n) is 18.1. The number of carboxylic acids is 1. The van der Waals surface area contributed by atoms with E-state index >= 15 is 0 Å². The number of halogens is 3. The predicted molar refractivity (Wildman–Crippen MR) is 111 cm³/mol. The minimum absolute atomic E-state index is 0.0224. The maximum Gasteiger partial charge on any atom is 0.573 e. The number of fused-ring (bicyclic) bond motifs is 1. The van der Waals surface area contributed by atoms with Crippen molar-refractivity contribution in [3.63, 3.8) is 0 Å². The molecule has 2 aromatic rings. The number of anilines is 1. The van der Waals surface area contributed by atoms with Crippen LogP contribution in [0, 0.1) is 6.92 Å². The minimum Gasteiger partial charge on any atom is -0.482 e. The summed E-state index contributed by atoms with van der Waals surface area (Å²) in [6, 6.07) is 9.12. The molecule has 6 nitrogen and oxygen atoms in total. The fraction of sp³-hybridized carbons (Fsp3) is 0.391. The van der Waals surface area contributed by atoms with E-state index in [4.69, 9.17) is 9.84 Å². The number of carbonyl (C=O) groups excluding carboxylic acids is 1. The van der Waals surface area contributed by atoms with Crippen LogP contribution in [-0.4, -0.2) is 36.5 Å². The SMILES string of the molecule is CCN1C(=O)C(c2cc(OCC(=O)O)ccc2OC(F)(F)F)C(C)(C)c2cc(C)ccc21. The summed E-state index contributed by atoms with van der Waals surface area (Å²) in [5.74, 6) is -3.14. The number of aryl methyl sites for hydroxylation is 1. The Morgan fingerprint density at radius 2 is 1.88 bits per heavy atom. The number of carbonyl (C=O) groups is 2. The number of amides is 1. The van der Waals surface area contributed by atoms with Crippen molar-refractivity contribution in [2.24, 2.45) is 0 Å². The Morgan fingerprint density at radius 3 is 2.47 bits per heavy atom. The monoisotopic (exact) mass is 451 g/mol. The molecule has 2 aromatic carbocycles. The van der Waals surface area contributed by atoms with Gasteiger partial charge in [-0.05, 0) is 43.7 Å². The van der Waals surface area contributed by atoms with Crippen LogP contribution in [0.1, 0.15) is 43.4 Å². The third-order valence-corrected chi connectivity index (χ3v) is 5.57. The van der Waals surface area contributed by atoms with E-state index in [0.717, 1.165) is 17.2 Å². The van der Waals surface area contributed by atoms with Gasteiger partial charge in [0, 0.05) is 23.2 Å². The fourth-order valence-corrected chi connectivity index (χ4v) is 4.19. The number of carboxylic acid groups (broad SMARTS) is 1. The highest BCUT2D eigenvalue weighted by Gasteiger charge is 2.48. The van der Waals surface area contributed by atoms with E-state index < -0.39 is 36.0 Å². The molecule has 1 aliphatic rings. The number of aliphatic carboxylic acids is 1. The van der Waals surface area contributed by atoms with Gasteiger partial charge in [0.1, 0.15) is 11.5 Å². The Labute approximate surface area is 183 Å². The molecular weight excluding hydrogens is 427 g/mol. The molecule has 9 heteroatoms. The third-order valence-electron chi connectivity index (χ3n) is 5.57. The van der Waals surface area contributed by atoms with Crippen molar-refractivity contribution in [1.29, 1.82) is 0 Å². The van der Waals surface area contributed by atoms with Crippen molar-refractivity contribution < 1.29 is 37.3 Å². The molecule has 0 saturated carbocycles. The first-order valence-corrected chi connectivity index (χ1v) is 10.0. The molecule has 0 aromatic heterocycles. The number of hydrogen-bond acceptors (Lipinski definition) is 4. The van der Waals surface area contributed by atoms with Gasteiger partial charge in [-0.25, -0.2) is 4.79 Å². The summed E-state index contributed by atoms with van der Waals surface area (Å²) in [5.41, 5.74) is 1.57. The maximum absolute atomic E-state index is 13.6. The molecule has 0 spiro atoms. The average Bonchev–Trinajstić information content (AvgIpc) is 2.67. The van der Waals surface area contributed by atoms with Crippen molar-refractivity contribution >= 4 is 17.6 Å². The first kappa shape index (κ1) is 23.4. The van der Waals surface area contributed by atoms with Crippen LogP contribution >= 0.6 is 0 Å². The number of ether oxygens (including phenoxy) is 2. The molecule has 1 aliphatic heterocycles. The number of alkyl halides is 3. The Hall–Kier alpha value is -3.23. The molecule has 172 valence electrons. The maximum atomic E-state index is 13.6. The Bertz CT molecular complexity index is 1050. The Balaban J connectivity index is 2.21.